The molecule has 0 aliphatic rings. The van der Waals surface area contributed by atoms with Crippen molar-refractivity contribution in [1.29, 1.82) is 0 Å². The van der Waals surface area contributed by atoms with Gasteiger partial charge in [0.25, 0.3) is 0 Å². The predicted molar refractivity (Wildman–Crippen MR) is 93.3 cm³/mol. The highest BCUT2D eigenvalue weighted by molar-refractivity contribution is 6.31. The lowest BCUT2D eigenvalue weighted by molar-refractivity contribution is 0.206. The van der Waals surface area contributed by atoms with E-state index in [0.717, 1.165) is 24.9 Å². The molecule has 0 aromatic heterocycles. The Labute approximate surface area is 139 Å². The summed E-state index contributed by atoms with van der Waals surface area (Å²) in [5.74, 6) is 0. The largest absolute Gasteiger partial charge is 0.338 e. The fourth-order valence-corrected chi connectivity index (χ4v) is 2.22. The van der Waals surface area contributed by atoms with Crippen LogP contribution in [-0.2, 0) is 6.54 Å². The lowest BCUT2D eigenvalue weighted by Gasteiger charge is -2.21. The van der Waals surface area contributed by atoms with Gasteiger partial charge in [0.1, 0.15) is 0 Å². The fourth-order valence-electron chi connectivity index (χ4n) is 2.03. The molecule has 0 aliphatic heterocycles. The van der Waals surface area contributed by atoms with E-state index in [0.29, 0.717) is 24.2 Å². The van der Waals surface area contributed by atoms with Crippen LogP contribution in [0.2, 0.25) is 5.02 Å². The first-order chi connectivity index (χ1) is 10.4. The summed E-state index contributed by atoms with van der Waals surface area (Å²) in [4.78, 5) is 16.0. The Kier molecular flexibility index (Phi) is 8.28. The number of hydrogen-bond acceptors (Lipinski definition) is 2. The van der Waals surface area contributed by atoms with Crippen molar-refractivity contribution < 1.29 is 4.79 Å². The molecule has 0 saturated carbocycles. The Morgan fingerprint density at radius 2 is 1.91 bits per heavy atom. The number of nitrogens with zero attached hydrogens (tertiary/aromatic N) is 2. The predicted octanol–water partition coefficient (Wildman–Crippen LogP) is 3.60. The second-order valence-corrected chi connectivity index (χ2v) is 6.37. The van der Waals surface area contributed by atoms with Crippen molar-refractivity contribution >= 4 is 17.6 Å². The van der Waals surface area contributed by atoms with E-state index in [1.807, 2.05) is 24.3 Å². The van der Waals surface area contributed by atoms with Crippen LogP contribution in [0.3, 0.4) is 0 Å². The van der Waals surface area contributed by atoms with Crippen LogP contribution in [0.4, 0.5) is 4.79 Å². The summed E-state index contributed by atoms with van der Waals surface area (Å²) in [6.07, 6.45) is 2.08. The molecule has 2 amide bonds. The zero-order valence-corrected chi connectivity index (χ0v) is 14.9. The minimum absolute atomic E-state index is 0.0582. The summed E-state index contributed by atoms with van der Waals surface area (Å²) < 4.78 is 0. The molecule has 0 saturated heterocycles. The minimum atomic E-state index is -0.0582. The highest BCUT2D eigenvalue weighted by Gasteiger charge is 2.10. The van der Waals surface area contributed by atoms with Crippen molar-refractivity contribution in [2.24, 2.45) is 0 Å². The second kappa shape index (κ2) is 9.70. The molecular weight excluding hydrogens is 298 g/mol. The van der Waals surface area contributed by atoms with Crippen molar-refractivity contribution in [3.63, 3.8) is 0 Å². The molecule has 1 aromatic carbocycles. The first-order valence-corrected chi connectivity index (χ1v) is 8.22. The van der Waals surface area contributed by atoms with Gasteiger partial charge in [-0.2, -0.15) is 0 Å². The number of hydrogen-bond donors (Lipinski definition) is 1. The average Bonchev–Trinajstić information content (AvgIpc) is 2.48. The molecule has 22 heavy (non-hydrogen) atoms. The molecule has 0 heterocycles. The van der Waals surface area contributed by atoms with Gasteiger partial charge in [-0.3, -0.25) is 0 Å². The number of unbranched alkanes of at least 4 members (excludes halogenated alkanes) is 1. The lowest BCUT2D eigenvalue weighted by Crippen LogP contribution is -2.37. The van der Waals surface area contributed by atoms with Gasteiger partial charge in [0.15, 0.2) is 0 Å². The van der Waals surface area contributed by atoms with Crippen molar-refractivity contribution in [3.05, 3.63) is 34.9 Å². The number of amides is 2. The molecule has 1 aromatic rings. The van der Waals surface area contributed by atoms with Crippen LogP contribution >= 0.6 is 11.6 Å². The Balaban J connectivity index is 2.23. The molecule has 124 valence electrons. The minimum Gasteiger partial charge on any atom is -0.338 e. The van der Waals surface area contributed by atoms with Crippen LogP contribution in [0.1, 0.15) is 32.3 Å². The van der Waals surface area contributed by atoms with E-state index in [1.165, 1.54) is 0 Å². The third kappa shape index (κ3) is 6.67. The van der Waals surface area contributed by atoms with Crippen LogP contribution in [0.25, 0.3) is 0 Å². The van der Waals surface area contributed by atoms with E-state index in [2.05, 4.69) is 31.1 Å². The first-order valence-electron chi connectivity index (χ1n) is 7.84. The molecule has 0 unspecified atom stereocenters. The van der Waals surface area contributed by atoms with Crippen LogP contribution < -0.4 is 5.32 Å². The molecule has 0 atom stereocenters. The molecule has 0 radical (unpaired) electrons. The number of carbonyl (C=O) groups is 1. The molecule has 0 fully saturated rings. The number of halogens is 1. The molecule has 1 rings (SSSR count). The molecule has 0 spiro atoms. The van der Waals surface area contributed by atoms with Crippen molar-refractivity contribution in [1.82, 2.24) is 15.1 Å². The maximum absolute atomic E-state index is 12.0. The van der Waals surface area contributed by atoms with E-state index in [4.69, 9.17) is 11.6 Å². The summed E-state index contributed by atoms with van der Waals surface area (Å²) in [6, 6.07) is 8.11. The summed E-state index contributed by atoms with van der Waals surface area (Å²) >= 11 is 6.11. The number of carbonyl (C=O) groups excluding carboxylic acids is 1. The van der Waals surface area contributed by atoms with Crippen molar-refractivity contribution in [2.75, 3.05) is 27.2 Å². The molecule has 4 nitrogen and oxygen atoms in total. The van der Waals surface area contributed by atoms with Gasteiger partial charge in [-0.05, 0) is 51.9 Å². The lowest BCUT2D eigenvalue weighted by atomic mass is 10.2. The molecule has 0 aliphatic carbocycles. The standard InChI is InChI=1S/C17H28ClN3O/c1-14(2)20(3)12-8-7-11-19-17(22)21(4)13-15-9-5-6-10-16(15)18/h5-6,9-10,14H,7-8,11-13H2,1-4H3,(H,19,22). The topological polar surface area (TPSA) is 35.6 Å². The first kappa shape index (κ1) is 18.8. The Bertz CT molecular complexity index is 465. The van der Waals surface area contributed by atoms with Crippen molar-refractivity contribution in [3.8, 4) is 0 Å². The Hall–Kier alpha value is -1.26. The maximum atomic E-state index is 12.0. The molecule has 0 bridgehead atoms. The SMILES string of the molecule is CC(C)N(C)CCCCNC(=O)N(C)Cc1ccccc1Cl. The van der Waals surface area contributed by atoms with E-state index in [9.17, 15) is 4.79 Å². The number of urea groups is 1. The average molecular weight is 326 g/mol. The zero-order valence-electron chi connectivity index (χ0n) is 14.1. The van der Waals surface area contributed by atoms with Crippen LogP contribution in [-0.4, -0.2) is 49.1 Å². The molecule has 1 N–H and O–H groups in total. The van der Waals surface area contributed by atoms with Gasteiger partial charge < -0.3 is 15.1 Å². The summed E-state index contributed by atoms with van der Waals surface area (Å²) in [7, 11) is 3.91. The van der Waals surface area contributed by atoms with Gasteiger partial charge in [-0.15, -0.1) is 0 Å². The molecule has 5 heteroatoms. The van der Waals surface area contributed by atoms with Gasteiger partial charge in [0.2, 0.25) is 0 Å². The van der Waals surface area contributed by atoms with E-state index in [-0.39, 0.29) is 6.03 Å². The number of nitrogens with one attached hydrogen (secondary N) is 1. The fraction of sp³-hybridized carbons (Fsp3) is 0.588. The van der Waals surface area contributed by atoms with Gasteiger partial charge in [-0.1, -0.05) is 29.8 Å². The Morgan fingerprint density at radius 3 is 2.55 bits per heavy atom. The van der Waals surface area contributed by atoms with Gasteiger partial charge in [0.05, 0.1) is 0 Å². The van der Waals surface area contributed by atoms with Crippen LogP contribution in [0.15, 0.2) is 24.3 Å². The quantitative estimate of drug-likeness (QED) is 0.741. The molecular formula is C17H28ClN3O. The van der Waals surface area contributed by atoms with Gasteiger partial charge in [-0.25, -0.2) is 4.79 Å². The van der Waals surface area contributed by atoms with E-state index in [1.54, 1.807) is 11.9 Å². The highest BCUT2D eigenvalue weighted by atomic mass is 35.5. The number of rotatable bonds is 8. The van der Waals surface area contributed by atoms with Crippen LogP contribution in [0.5, 0.6) is 0 Å². The number of benzene rings is 1. The van der Waals surface area contributed by atoms with Crippen molar-refractivity contribution in [2.45, 2.75) is 39.3 Å². The van der Waals surface area contributed by atoms with Crippen LogP contribution in [0, 0.1) is 0 Å². The normalized spacial score (nSPS) is 11.0. The monoisotopic (exact) mass is 325 g/mol. The maximum Gasteiger partial charge on any atom is 0.317 e. The van der Waals surface area contributed by atoms with Gasteiger partial charge in [0, 0.05) is 31.2 Å². The Morgan fingerprint density at radius 1 is 1.23 bits per heavy atom. The zero-order chi connectivity index (χ0) is 16.5. The third-order valence-electron chi connectivity index (χ3n) is 3.81. The van der Waals surface area contributed by atoms with E-state index < -0.39 is 0 Å². The van der Waals surface area contributed by atoms with E-state index >= 15 is 0 Å². The summed E-state index contributed by atoms with van der Waals surface area (Å²) in [5, 5.41) is 3.64. The summed E-state index contributed by atoms with van der Waals surface area (Å²) in [6.45, 7) is 6.65. The third-order valence-corrected chi connectivity index (χ3v) is 4.18. The van der Waals surface area contributed by atoms with Gasteiger partial charge >= 0.3 is 6.03 Å². The summed E-state index contributed by atoms with van der Waals surface area (Å²) in [5.41, 5.74) is 0.959. The second-order valence-electron chi connectivity index (χ2n) is 5.96. The smallest absolute Gasteiger partial charge is 0.317 e. The highest BCUT2D eigenvalue weighted by Crippen LogP contribution is 2.16.